The first-order chi connectivity index (χ1) is 15.8. The van der Waals surface area contributed by atoms with Gasteiger partial charge < -0.3 is 24.7 Å². The van der Waals surface area contributed by atoms with E-state index in [-0.39, 0.29) is 17.2 Å². The highest BCUT2D eigenvalue weighted by Crippen LogP contribution is 2.42. The van der Waals surface area contributed by atoms with Crippen molar-refractivity contribution in [1.82, 2.24) is 4.90 Å². The Bertz CT molecular complexity index is 1040. The van der Waals surface area contributed by atoms with Gasteiger partial charge in [-0.05, 0) is 6.07 Å². The van der Waals surface area contributed by atoms with Crippen molar-refractivity contribution in [1.29, 1.82) is 5.26 Å². The average molecular weight is 465 g/mol. The first kappa shape index (κ1) is 22.9. The normalized spacial score (nSPS) is 23.2. The topological polar surface area (TPSA) is 115 Å². The molecule has 3 heterocycles. The summed E-state index contributed by atoms with van der Waals surface area (Å²) in [5.41, 5.74) is 6.10. The number of alkyl halides is 3. The van der Waals surface area contributed by atoms with Gasteiger partial charge in [-0.25, -0.2) is 9.98 Å². The van der Waals surface area contributed by atoms with Crippen molar-refractivity contribution in [2.24, 2.45) is 15.7 Å². The molecular formula is C21H22F3N5O4. The second-order valence-corrected chi connectivity index (χ2v) is 7.49. The Morgan fingerprint density at radius 3 is 2.73 bits per heavy atom. The Kier molecular flexibility index (Phi) is 6.44. The second-order valence-electron chi connectivity index (χ2n) is 7.49. The number of nitriles is 1. The lowest BCUT2D eigenvalue weighted by Gasteiger charge is -2.29. The van der Waals surface area contributed by atoms with Gasteiger partial charge in [0.1, 0.15) is 29.7 Å². The molecule has 1 aromatic carbocycles. The number of methoxy groups -OCH3 is 1. The van der Waals surface area contributed by atoms with Crippen LogP contribution in [0.25, 0.3) is 0 Å². The zero-order valence-corrected chi connectivity index (χ0v) is 17.8. The largest absolute Gasteiger partial charge is 0.496 e. The van der Waals surface area contributed by atoms with Gasteiger partial charge in [-0.2, -0.15) is 18.4 Å². The molecule has 0 aliphatic carbocycles. The molecule has 2 unspecified atom stereocenters. The minimum absolute atomic E-state index is 0.0667. The van der Waals surface area contributed by atoms with E-state index in [1.165, 1.54) is 7.11 Å². The monoisotopic (exact) mass is 465 g/mol. The zero-order valence-electron chi connectivity index (χ0n) is 17.8. The standard InChI is InChI=1S/C21H22F3N5O4/c1-30-15-10-12(32-9-6-29-4-7-31-8-5-29)2-3-13(15)16-14(11-25)18(26)33-19-17(16)27-20(28-19)21(22,23)24/h2-3,10,16,19H,4-9,26H2,1H3. The lowest BCUT2D eigenvalue weighted by Crippen LogP contribution is -2.38. The van der Waals surface area contributed by atoms with Crippen LogP contribution in [0, 0.1) is 11.3 Å². The molecule has 4 rings (SSSR count). The van der Waals surface area contributed by atoms with Gasteiger partial charge >= 0.3 is 6.18 Å². The number of amidine groups is 1. The Morgan fingerprint density at radius 1 is 1.30 bits per heavy atom. The van der Waals surface area contributed by atoms with E-state index in [1.54, 1.807) is 18.2 Å². The summed E-state index contributed by atoms with van der Waals surface area (Å²) in [6.07, 6.45) is -6.12. The van der Waals surface area contributed by atoms with Gasteiger partial charge in [-0.15, -0.1) is 0 Å². The number of allylic oxidation sites excluding steroid dienone is 1. The van der Waals surface area contributed by atoms with Crippen molar-refractivity contribution in [3.05, 3.63) is 35.2 Å². The van der Waals surface area contributed by atoms with Crippen LogP contribution in [0.15, 0.2) is 39.6 Å². The first-order valence-corrected chi connectivity index (χ1v) is 10.2. The molecule has 0 saturated carbocycles. The molecule has 1 aromatic rings. The number of nitrogens with zero attached hydrogens (tertiary/aromatic N) is 4. The molecule has 3 aliphatic rings. The number of hydrogen-bond donors (Lipinski definition) is 1. The fourth-order valence-corrected chi connectivity index (χ4v) is 3.86. The van der Waals surface area contributed by atoms with Crippen molar-refractivity contribution >= 4 is 11.5 Å². The number of hydrogen-bond acceptors (Lipinski definition) is 9. The minimum Gasteiger partial charge on any atom is -0.496 e. The Morgan fingerprint density at radius 2 is 2.06 bits per heavy atom. The molecule has 176 valence electrons. The number of aliphatic imine (C=N–C) groups is 2. The van der Waals surface area contributed by atoms with Gasteiger partial charge in [0.2, 0.25) is 17.9 Å². The van der Waals surface area contributed by atoms with Crippen molar-refractivity contribution in [3.8, 4) is 17.6 Å². The molecule has 0 bridgehead atoms. The van der Waals surface area contributed by atoms with Crippen molar-refractivity contribution < 1.29 is 32.1 Å². The Balaban J connectivity index is 1.59. The summed E-state index contributed by atoms with van der Waals surface area (Å²) in [6.45, 7) is 4.22. The predicted molar refractivity (Wildman–Crippen MR) is 111 cm³/mol. The molecular weight excluding hydrogens is 443 g/mol. The van der Waals surface area contributed by atoms with E-state index in [2.05, 4.69) is 14.9 Å². The molecule has 2 atom stereocenters. The number of halogens is 3. The van der Waals surface area contributed by atoms with E-state index in [9.17, 15) is 18.4 Å². The van der Waals surface area contributed by atoms with Crippen molar-refractivity contribution in [2.75, 3.05) is 46.6 Å². The summed E-state index contributed by atoms with van der Waals surface area (Å²) in [4.78, 5) is 9.36. The highest BCUT2D eigenvalue weighted by molar-refractivity contribution is 6.12. The minimum atomic E-state index is -4.76. The van der Waals surface area contributed by atoms with Gasteiger partial charge in [0, 0.05) is 31.3 Å². The van der Waals surface area contributed by atoms with Crippen molar-refractivity contribution in [2.45, 2.75) is 18.3 Å². The number of nitrogens with two attached hydrogens (primary N) is 1. The molecule has 1 saturated heterocycles. The SMILES string of the molecule is COc1cc(OCCN2CCOCC2)ccc1C1C2=NC(C(F)(F)F)=NC2OC(N)=C1C#N. The molecule has 0 amide bonds. The summed E-state index contributed by atoms with van der Waals surface area (Å²) in [7, 11) is 1.42. The first-order valence-electron chi connectivity index (χ1n) is 10.2. The Hall–Kier alpha value is -3.30. The summed E-state index contributed by atoms with van der Waals surface area (Å²) in [5, 5.41) is 9.64. The number of morpholine rings is 1. The second kappa shape index (κ2) is 9.29. The quantitative estimate of drug-likeness (QED) is 0.683. The average Bonchev–Trinajstić information content (AvgIpc) is 3.23. The molecule has 0 radical (unpaired) electrons. The van der Waals surface area contributed by atoms with Crippen molar-refractivity contribution in [3.63, 3.8) is 0 Å². The summed E-state index contributed by atoms with van der Waals surface area (Å²) >= 11 is 0. The van der Waals surface area contributed by atoms with Gasteiger partial charge in [0.05, 0.1) is 32.0 Å². The zero-order chi connectivity index (χ0) is 23.6. The molecule has 12 heteroatoms. The van der Waals surface area contributed by atoms with Crippen LogP contribution in [-0.4, -0.2) is 75.4 Å². The van der Waals surface area contributed by atoms with E-state index in [0.29, 0.717) is 36.9 Å². The lowest BCUT2D eigenvalue weighted by atomic mass is 9.84. The number of ether oxygens (including phenoxy) is 4. The van der Waals surface area contributed by atoms with Crippen LogP contribution < -0.4 is 15.2 Å². The number of fused-ring (bicyclic) bond motifs is 1. The maximum absolute atomic E-state index is 13.2. The van der Waals surface area contributed by atoms with Crippen LogP contribution in [-0.2, 0) is 9.47 Å². The van der Waals surface area contributed by atoms with Gasteiger partial charge in [-0.1, -0.05) is 6.07 Å². The van der Waals surface area contributed by atoms with Crippen LogP contribution in [0.1, 0.15) is 11.5 Å². The summed E-state index contributed by atoms with van der Waals surface area (Å²) < 4.78 is 61.5. The molecule has 9 nitrogen and oxygen atoms in total. The van der Waals surface area contributed by atoms with Crippen LogP contribution in [0.4, 0.5) is 13.2 Å². The molecule has 33 heavy (non-hydrogen) atoms. The number of rotatable bonds is 6. The van der Waals surface area contributed by atoms with Crippen LogP contribution >= 0.6 is 0 Å². The molecule has 3 aliphatic heterocycles. The third kappa shape index (κ3) is 4.74. The van der Waals surface area contributed by atoms with Crippen LogP contribution in [0.5, 0.6) is 11.5 Å². The van der Waals surface area contributed by atoms with E-state index in [0.717, 1.165) is 19.6 Å². The lowest BCUT2D eigenvalue weighted by molar-refractivity contribution is -0.0600. The van der Waals surface area contributed by atoms with E-state index < -0.39 is 24.2 Å². The summed E-state index contributed by atoms with van der Waals surface area (Å²) in [5.74, 6) is -1.81. The van der Waals surface area contributed by atoms with Crippen LogP contribution in [0.2, 0.25) is 0 Å². The van der Waals surface area contributed by atoms with Crippen LogP contribution in [0.3, 0.4) is 0 Å². The molecule has 0 spiro atoms. The van der Waals surface area contributed by atoms with Gasteiger partial charge in [0.25, 0.3) is 0 Å². The summed E-state index contributed by atoms with van der Waals surface area (Å²) in [6, 6.07) is 6.82. The fraction of sp³-hybridized carbons (Fsp3) is 0.476. The van der Waals surface area contributed by atoms with E-state index >= 15 is 0 Å². The Labute approximate surface area is 187 Å². The molecule has 1 fully saturated rings. The number of benzene rings is 1. The van der Waals surface area contributed by atoms with E-state index in [4.69, 9.17) is 24.7 Å². The van der Waals surface area contributed by atoms with Gasteiger partial charge in [-0.3, -0.25) is 4.90 Å². The predicted octanol–water partition coefficient (Wildman–Crippen LogP) is 1.96. The molecule has 0 aromatic heterocycles. The maximum Gasteiger partial charge on any atom is 0.451 e. The van der Waals surface area contributed by atoms with E-state index in [1.807, 2.05) is 6.07 Å². The smallest absolute Gasteiger partial charge is 0.451 e. The fourth-order valence-electron chi connectivity index (χ4n) is 3.86. The maximum atomic E-state index is 13.2. The third-order valence-electron chi connectivity index (χ3n) is 5.49. The highest BCUT2D eigenvalue weighted by atomic mass is 19.4. The third-order valence-corrected chi connectivity index (χ3v) is 5.49. The highest BCUT2D eigenvalue weighted by Gasteiger charge is 2.47. The molecule has 2 N–H and O–H groups in total. The van der Waals surface area contributed by atoms with Gasteiger partial charge in [0.15, 0.2) is 0 Å².